The van der Waals surface area contributed by atoms with E-state index in [9.17, 15) is 19.7 Å². The second-order valence-corrected chi connectivity index (χ2v) is 6.01. The normalized spacial score (nSPS) is 37.7. The Morgan fingerprint density at radius 2 is 2.05 bits per heavy atom. The predicted octanol–water partition coefficient (Wildman–Crippen LogP) is 1.71. The molecule has 3 atom stereocenters. The van der Waals surface area contributed by atoms with Crippen LogP contribution in [0.3, 0.4) is 0 Å². The molecule has 0 aliphatic heterocycles. The zero-order valence-electron chi connectivity index (χ0n) is 11.4. The van der Waals surface area contributed by atoms with Gasteiger partial charge >= 0.3 is 5.97 Å². The van der Waals surface area contributed by atoms with Gasteiger partial charge in [0, 0.05) is 12.8 Å². The lowest BCUT2D eigenvalue weighted by atomic mass is 9.69. The van der Waals surface area contributed by atoms with Crippen molar-refractivity contribution in [3.8, 4) is 0 Å². The number of carbonyl (C=O) groups excluding carboxylic acids is 2. The number of esters is 1. The fraction of sp³-hybridized carbons (Fsp3) is 0.692. The summed E-state index contributed by atoms with van der Waals surface area (Å²) in [5.41, 5.74) is -1.09. The topological polar surface area (TPSA) is 86.5 Å². The van der Waals surface area contributed by atoms with Crippen LogP contribution < -0.4 is 0 Å². The number of ether oxygens (including phenoxy) is 1. The van der Waals surface area contributed by atoms with Crippen molar-refractivity contribution >= 4 is 11.8 Å². The van der Waals surface area contributed by atoms with E-state index in [4.69, 9.17) is 4.74 Å². The molecule has 6 nitrogen and oxygen atoms in total. The summed E-state index contributed by atoms with van der Waals surface area (Å²) >= 11 is 0. The van der Waals surface area contributed by atoms with Crippen molar-refractivity contribution in [1.29, 1.82) is 0 Å². The van der Waals surface area contributed by atoms with Crippen LogP contribution in [-0.4, -0.2) is 22.8 Å². The van der Waals surface area contributed by atoms with Gasteiger partial charge in [0.25, 0.3) is 0 Å². The zero-order chi connectivity index (χ0) is 14.6. The minimum Gasteiger partial charge on any atom is -0.461 e. The van der Waals surface area contributed by atoms with Crippen LogP contribution in [0.2, 0.25) is 0 Å². The highest BCUT2D eigenvalue weighted by atomic mass is 16.6. The second kappa shape index (κ2) is 3.88. The van der Waals surface area contributed by atoms with Crippen molar-refractivity contribution in [2.75, 3.05) is 0 Å². The molecule has 2 fully saturated rings. The number of carbonyl (C=O) groups is 2. The Labute approximate surface area is 111 Å². The van der Waals surface area contributed by atoms with Crippen molar-refractivity contribution in [2.24, 2.45) is 16.7 Å². The number of nitrogens with zero attached hydrogens (tertiary/aromatic N) is 1. The molecule has 0 saturated heterocycles. The lowest BCUT2D eigenvalue weighted by Gasteiger charge is -2.36. The number of ketones is 1. The molecule has 2 bridgehead atoms. The van der Waals surface area contributed by atoms with Crippen LogP contribution in [0.25, 0.3) is 0 Å². The molecule has 6 heteroatoms. The second-order valence-electron chi connectivity index (χ2n) is 6.01. The Bertz CT molecular complexity index is 507. The Hall–Kier alpha value is -1.72. The standard InChI is InChI=1S/C13H17NO5/c1-7(15)19-10-5-9-8(6-14(17)18)11(16)13(10,4)12(9,2)3/h6,9-10H,5H2,1-4H3/b8-6+/t9-,10+,13-/m1/s1. The largest absolute Gasteiger partial charge is 0.461 e. The number of allylic oxidation sites excluding steroid dienone is 1. The number of nitro groups is 1. The molecule has 19 heavy (non-hydrogen) atoms. The van der Waals surface area contributed by atoms with Crippen LogP contribution in [0.5, 0.6) is 0 Å². The van der Waals surface area contributed by atoms with Gasteiger partial charge in [-0.25, -0.2) is 0 Å². The quantitative estimate of drug-likeness (QED) is 0.329. The van der Waals surface area contributed by atoms with Gasteiger partial charge in [-0.2, -0.15) is 0 Å². The molecule has 0 aromatic carbocycles. The molecule has 0 amide bonds. The summed E-state index contributed by atoms with van der Waals surface area (Å²) in [5, 5.41) is 10.6. The van der Waals surface area contributed by atoms with Crippen LogP contribution in [0.4, 0.5) is 0 Å². The minimum atomic E-state index is -0.884. The average Bonchev–Trinajstić information content (AvgIpc) is 2.51. The van der Waals surface area contributed by atoms with E-state index >= 15 is 0 Å². The van der Waals surface area contributed by atoms with Crippen molar-refractivity contribution in [3.63, 3.8) is 0 Å². The SMILES string of the molecule is CC(=O)O[C@H]1C[C@@H]2/C(=C\[N+](=O)[O-])C(=O)[C@]1(C)C2(C)C. The van der Waals surface area contributed by atoms with E-state index in [-0.39, 0.29) is 17.3 Å². The van der Waals surface area contributed by atoms with Crippen LogP contribution in [-0.2, 0) is 14.3 Å². The van der Waals surface area contributed by atoms with E-state index < -0.39 is 27.8 Å². The molecule has 0 heterocycles. The molecular weight excluding hydrogens is 250 g/mol. The summed E-state index contributed by atoms with van der Waals surface area (Å²) in [6.07, 6.45) is 0.778. The van der Waals surface area contributed by atoms with E-state index in [1.54, 1.807) is 6.92 Å². The maximum atomic E-state index is 12.5. The van der Waals surface area contributed by atoms with Gasteiger partial charge in [-0.1, -0.05) is 13.8 Å². The van der Waals surface area contributed by atoms with Crippen molar-refractivity contribution in [2.45, 2.75) is 40.2 Å². The lowest BCUT2D eigenvalue weighted by molar-refractivity contribution is -0.403. The van der Waals surface area contributed by atoms with Gasteiger partial charge in [0.1, 0.15) is 6.10 Å². The number of fused-ring (bicyclic) bond motifs is 2. The van der Waals surface area contributed by atoms with Crippen LogP contribution in [0.15, 0.2) is 11.8 Å². The van der Waals surface area contributed by atoms with E-state index in [1.807, 2.05) is 13.8 Å². The zero-order valence-corrected chi connectivity index (χ0v) is 11.4. The molecule has 0 aromatic heterocycles. The highest BCUT2D eigenvalue weighted by molar-refractivity contribution is 6.05. The van der Waals surface area contributed by atoms with Gasteiger partial charge < -0.3 is 4.74 Å². The first-order valence-electron chi connectivity index (χ1n) is 6.19. The third-order valence-electron chi connectivity index (χ3n) is 4.97. The Balaban J connectivity index is 2.47. The molecule has 2 rings (SSSR count). The summed E-state index contributed by atoms with van der Waals surface area (Å²) < 4.78 is 5.25. The van der Waals surface area contributed by atoms with Crippen molar-refractivity contribution in [1.82, 2.24) is 0 Å². The fourth-order valence-corrected chi connectivity index (χ4v) is 3.56. The van der Waals surface area contributed by atoms with Gasteiger partial charge in [-0.15, -0.1) is 0 Å². The molecule has 104 valence electrons. The molecule has 2 saturated carbocycles. The first-order valence-corrected chi connectivity index (χ1v) is 6.19. The highest BCUT2D eigenvalue weighted by Crippen LogP contribution is 2.66. The van der Waals surface area contributed by atoms with Crippen LogP contribution in [0.1, 0.15) is 34.1 Å². The number of hydrogen-bond acceptors (Lipinski definition) is 5. The maximum Gasteiger partial charge on any atom is 0.302 e. The summed E-state index contributed by atoms with van der Waals surface area (Å²) in [7, 11) is 0. The summed E-state index contributed by atoms with van der Waals surface area (Å²) in [4.78, 5) is 33.7. The molecular formula is C13H17NO5. The van der Waals surface area contributed by atoms with E-state index in [2.05, 4.69) is 0 Å². The number of Topliss-reactive ketones (excluding diaryl/α,β-unsaturated/α-hetero) is 1. The van der Waals surface area contributed by atoms with Crippen molar-refractivity contribution in [3.05, 3.63) is 21.9 Å². The molecule has 0 spiro atoms. The lowest BCUT2D eigenvalue weighted by Crippen LogP contribution is -2.44. The summed E-state index contributed by atoms with van der Waals surface area (Å²) in [5.74, 6) is -0.932. The number of rotatable bonds is 2. The Kier molecular flexibility index (Phi) is 2.80. The summed E-state index contributed by atoms with van der Waals surface area (Å²) in [6, 6.07) is 0. The van der Waals surface area contributed by atoms with Gasteiger partial charge in [0.05, 0.1) is 15.9 Å². The molecule has 0 radical (unpaired) electrons. The first-order chi connectivity index (χ1) is 8.62. The minimum absolute atomic E-state index is 0.236. The smallest absolute Gasteiger partial charge is 0.302 e. The third-order valence-corrected chi connectivity index (χ3v) is 4.97. The van der Waals surface area contributed by atoms with E-state index in [0.29, 0.717) is 6.42 Å². The van der Waals surface area contributed by atoms with Gasteiger partial charge in [-0.05, 0) is 18.8 Å². The van der Waals surface area contributed by atoms with E-state index in [0.717, 1.165) is 6.20 Å². The third kappa shape index (κ3) is 1.62. The Morgan fingerprint density at radius 3 is 2.47 bits per heavy atom. The molecule has 2 aliphatic rings. The molecule has 0 aromatic rings. The Morgan fingerprint density at radius 1 is 1.47 bits per heavy atom. The fourth-order valence-electron chi connectivity index (χ4n) is 3.56. The van der Waals surface area contributed by atoms with Gasteiger partial charge in [-0.3, -0.25) is 19.7 Å². The summed E-state index contributed by atoms with van der Waals surface area (Å²) in [6.45, 7) is 6.85. The van der Waals surface area contributed by atoms with Crippen molar-refractivity contribution < 1.29 is 19.2 Å². The molecule has 2 aliphatic carbocycles. The molecule has 0 N–H and O–H groups in total. The highest BCUT2D eigenvalue weighted by Gasteiger charge is 2.71. The monoisotopic (exact) mass is 267 g/mol. The maximum absolute atomic E-state index is 12.5. The van der Waals surface area contributed by atoms with Crippen LogP contribution >= 0.6 is 0 Å². The van der Waals surface area contributed by atoms with Crippen LogP contribution in [0, 0.1) is 26.9 Å². The van der Waals surface area contributed by atoms with E-state index in [1.165, 1.54) is 6.92 Å². The average molecular weight is 267 g/mol. The van der Waals surface area contributed by atoms with Gasteiger partial charge in [0.2, 0.25) is 6.20 Å². The van der Waals surface area contributed by atoms with Gasteiger partial charge in [0.15, 0.2) is 5.78 Å². The first kappa shape index (κ1) is 13.7. The predicted molar refractivity (Wildman–Crippen MR) is 65.6 cm³/mol. The number of hydrogen-bond donors (Lipinski definition) is 0. The molecule has 0 unspecified atom stereocenters.